The predicted molar refractivity (Wildman–Crippen MR) is 81.9 cm³/mol. The van der Waals surface area contributed by atoms with Crippen molar-refractivity contribution < 1.29 is 4.79 Å². The highest BCUT2D eigenvalue weighted by molar-refractivity contribution is 5.89. The van der Waals surface area contributed by atoms with E-state index in [4.69, 9.17) is 0 Å². The third-order valence-electron chi connectivity index (χ3n) is 4.58. The molecule has 1 saturated carbocycles. The van der Waals surface area contributed by atoms with Gasteiger partial charge < -0.3 is 5.32 Å². The van der Waals surface area contributed by atoms with Gasteiger partial charge in [0.1, 0.15) is 0 Å². The van der Waals surface area contributed by atoms with Crippen molar-refractivity contribution in [2.45, 2.75) is 44.6 Å². The van der Waals surface area contributed by atoms with E-state index in [1.807, 2.05) is 19.2 Å². The van der Waals surface area contributed by atoms with E-state index in [0.29, 0.717) is 0 Å². The van der Waals surface area contributed by atoms with Gasteiger partial charge in [-0.05, 0) is 32.3 Å². The van der Waals surface area contributed by atoms with Crippen molar-refractivity contribution >= 4 is 5.91 Å². The van der Waals surface area contributed by atoms with Crippen molar-refractivity contribution in [2.24, 2.45) is 0 Å². The van der Waals surface area contributed by atoms with Crippen molar-refractivity contribution in [2.75, 3.05) is 0 Å². The van der Waals surface area contributed by atoms with Gasteiger partial charge in [0, 0.05) is 11.8 Å². The Kier molecular flexibility index (Phi) is 3.53. The summed E-state index contributed by atoms with van der Waals surface area (Å²) in [5.74, 6) is 0.132. The molecule has 1 aromatic carbocycles. The van der Waals surface area contributed by atoms with E-state index in [2.05, 4.69) is 40.6 Å². The maximum absolute atomic E-state index is 12.8. The number of amides is 1. The fraction of sp³-hybridized carbons (Fsp3) is 0.412. The molecule has 2 N–H and O–H groups in total. The average Bonchev–Trinajstić information content (AvgIpc) is 2.91. The number of nitrogens with one attached hydrogen (secondary N) is 2. The summed E-state index contributed by atoms with van der Waals surface area (Å²) >= 11 is 0. The maximum Gasteiger partial charge on any atom is 0.231 e. The second kappa shape index (κ2) is 5.35. The quantitative estimate of drug-likeness (QED) is 0.906. The van der Waals surface area contributed by atoms with Crippen molar-refractivity contribution in [3.8, 4) is 0 Å². The van der Waals surface area contributed by atoms with Gasteiger partial charge in [-0.3, -0.25) is 9.89 Å². The number of hydrogen-bond acceptors (Lipinski definition) is 2. The van der Waals surface area contributed by atoms with Gasteiger partial charge in [0.05, 0.1) is 17.7 Å². The number of hydrogen-bond donors (Lipinski definition) is 2. The molecule has 1 aromatic heterocycles. The lowest BCUT2D eigenvalue weighted by molar-refractivity contribution is -0.130. The van der Waals surface area contributed by atoms with Gasteiger partial charge >= 0.3 is 0 Å². The van der Waals surface area contributed by atoms with E-state index in [1.165, 1.54) is 5.56 Å². The summed E-state index contributed by atoms with van der Waals surface area (Å²) in [7, 11) is 0. The number of benzene rings is 1. The molecule has 4 nitrogen and oxygen atoms in total. The Morgan fingerprint density at radius 2 is 2.24 bits per heavy atom. The van der Waals surface area contributed by atoms with Crippen LogP contribution in [0.4, 0.5) is 0 Å². The summed E-state index contributed by atoms with van der Waals surface area (Å²) in [6.07, 6.45) is 6.55. The minimum Gasteiger partial charge on any atom is -0.349 e. The minimum absolute atomic E-state index is 0.0291. The summed E-state index contributed by atoms with van der Waals surface area (Å²) in [6, 6.07) is 8.30. The molecule has 1 fully saturated rings. The zero-order chi connectivity index (χ0) is 14.9. The molecule has 2 aromatic rings. The Hall–Kier alpha value is -2.10. The number of rotatable bonds is 4. The molecule has 21 heavy (non-hydrogen) atoms. The van der Waals surface area contributed by atoms with Gasteiger partial charge in [0.25, 0.3) is 0 Å². The predicted octanol–water partition coefficient (Wildman–Crippen LogP) is 3.02. The molecule has 0 spiro atoms. The number of aryl methyl sites for hydroxylation is 1. The fourth-order valence-corrected chi connectivity index (χ4v) is 3.04. The fourth-order valence-electron chi connectivity index (χ4n) is 3.04. The van der Waals surface area contributed by atoms with Crippen LogP contribution in [-0.2, 0) is 10.2 Å². The second-order valence-electron chi connectivity index (χ2n) is 6.03. The molecule has 3 rings (SSSR count). The van der Waals surface area contributed by atoms with Crippen LogP contribution in [0, 0.1) is 6.92 Å². The van der Waals surface area contributed by atoms with Crippen molar-refractivity contribution in [1.29, 1.82) is 0 Å². The van der Waals surface area contributed by atoms with Crippen LogP contribution in [0.3, 0.4) is 0 Å². The van der Waals surface area contributed by atoms with E-state index in [9.17, 15) is 4.79 Å². The van der Waals surface area contributed by atoms with Gasteiger partial charge in [-0.25, -0.2) is 0 Å². The van der Waals surface area contributed by atoms with Gasteiger partial charge in [-0.1, -0.05) is 36.2 Å². The number of carbonyl (C=O) groups is 1. The Labute approximate surface area is 125 Å². The molecular weight excluding hydrogens is 262 g/mol. The lowest BCUT2D eigenvalue weighted by Crippen LogP contribution is -2.49. The summed E-state index contributed by atoms with van der Waals surface area (Å²) in [5.41, 5.74) is 3.01. The number of aromatic amines is 1. The van der Waals surface area contributed by atoms with Gasteiger partial charge in [0.15, 0.2) is 0 Å². The van der Waals surface area contributed by atoms with Crippen LogP contribution in [0.15, 0.2) is 36.7 Å². The zero-order valence-corrected chi connectivity index (χ0v) is 12.5. The number of nitrogens with zero attached hydrogens (tertiary/aromatic N) is 1. The number of aromatic nitrogens is 2. The first-order valence-electron chi connectivity index (χ1n) is 7.49. The molecule has 4 heteroatoms. The highest BCUT2D eigenvalue weighted by Crippen LogP contribution is 2.44. The minimum atomic E-state index is -0.343. The molecule has 1 amide bonds. The Morgan fingerprint density at radius 3 is 2.81 bits per heavy atom. The summed E-state index contributed by atoms with van der Waals surface area (Å²) in [6.45, 7) is 4.06. The third kappa shape index (κ3) is 2.46. The monoisotopic (exact) mass is 283 g/mol. The van der Waals surface area contributed by atoms with Crippen molar-refractivity contribution in [3.05, 3.63) is 53.3 Å². The van der Waals surface area contributed by atoms with E-state index in [1.54, 1.807) is 6.20 Å². The maximum atomic E-state index is 12.8. The normalized spacial score (nSPS) is 17.8. The second-order valence-corrected chi connectivity index (χ2v) is 6.03. The van der Waals surface area contributed by atoms with E-state index >= 15 is 0 Å². The Bertz CT molecular complexity index is 629. The smallest absolute Gasteiger partial charge is 0.231 e. The standard InChI is InChI=1S/C17H21N3O/c1-12-5-3-6-15(9-12)17(7-4-8-17)16(21)20-13(2)14-10-18-19-11-14/h3,5-6,9-11,13H,4,7-8H2,1-2H3,(H,18,19)(H,20,21). The molecule has 110 valence electrons. The molecule has 0 saturated heterocycles. The molecule has 0 aliphatic heterocycles. The Balaban J connectivity index is 1.81. The molecule has 1 aliphatic carbocycles. The number of carbonyl (C=O) groups excluding carboxylic acids is 1. The zero-order valence-electron chi connectivity index (χ0n) is 12.5. The van der Waals surface area contributed by atoms with Crippen LogP contribution in [-0.4, -0.2) is 16.1 Å². The van der Waals surface area contributed by atoms with E-state index in [-0.39, 0.29) is 17.4 Å². The van der Waals surface area contributed by atoms with E-state index < -0.39 is 0 Å². The van der Waals surface area contributed by atoms with Crippen LogP contribution in [0.1, 0.15) is 48.9 Å². The summed E-state index contributed by atoms with van der Waals surface area (Å²) in [5, 5.41) is 9.87. The average molecular weight is 283 g/mol. The topological polar surface area (TPSA) is 57.8 Å². The number of H-pyrrole nitrogens is 1. The van der Waals surface area contributed by atoms with Crippen molar-refractivity contribution in [1.82, 2.24) is 15.5 Å². The summed E-state index contributed by atoms with van der Waals surface area (Å²) in [4.78, 5) is 12.8. The molecule has 1 heterocycles. The highest BCUT2D eigenvalue weighted by atomic mass is 16.2. The molecule has 1 unspecified atom stereocenters. The lowest BCUT2D eigenvalue weighted by atomic mass is 9.63. The molecular formula is C17H21N3O. The van der Waals surface area contributed by atoms with Gasteiger partial charge in [0.2, 0.25) is 5.91 Å². The van der Waals surface area contributed by atoms with Crippen LogP contribution >= 0.6 is 0 Å². The van der Waals surface area contributed by atoms with Gasteiger partial charge in [-0.15, -0.1) is 0 Å². The van der Waals surface area contributed by atoms with Crippen LogP contribution in [0.2, 0.25) is 0 Å². The SMILES string of the molecule is Cc1cccc(C2(C(=O)NC(C)c3cn[nH]c3)CCC2)c1. The van der Waals surface area contributed by atoms with Crippen LogP contribution in [0.5, 0.6) is 0 Å². The molecule has 1 aliphatic rings. The molecule has 0 radical (unpaired) electrons. The van der Waals surface area contributed by atoms with Crippen LogP contribution in [0.25, 0.3) is 0 Å². The highest BCUT2D eigenvalue weighted by Gasteiger charge is 2.45. The van der Waals surface area contributed by atoms with Gasteiger partial charge in [-0.2, -0.15) is 5.10 Å². The largest absolute Gasteiger partial charge is 0.349 e. The lowest BCUT2D eigenvalue weighted by Gasteiger charge is -2.41. The first kappa shape index (κ1) is 13.9. The first-order valence-corrected chi connectivity index (χ1v) is 7.49. The molecule has 1 atom stereocenters. The first-order chi connectivity index (χ1) is 10.1. The van der Waals surface area contributed by atoms with E-state index in [0.717, 1.165) is 30.4 Å². The van der Waals surface area contributed by atoms with Crippen LogP contribution < -0.4 is 5.32 Å². The summed E-state index contributed by atoms with van der Waals surface area (Å²) < 4.78 is 0. The Morgan fingerprint density at radius 1 is 1.43 bits per heavy atom. The third-order valence-corrected chi connectivity index (χ3v) is 4.58. The van der Waals surface area contributed by atoms with Crippen molar-refractivity contribution in [3.63, 3.8) is 0 Å². The molecule has 0 bridgehead atoms.